The van der Waals surface area contributed by atoms with Crippen molar-refractivity contribution >= 4 is 11.5 Å². The average Bonchev–Trinajstić information content (AvgIpc) is 3.10. The summed E-state index contributed by atoms with van der Waals surface area (Å²) in [6, 6.07) is 3.05. The van der Waals surface area contributed by atoms with Crippen molar-refractivity contribution in [3.05, 3.63) is 36.5 Å². The van der Waals surface area contributed by atoms with Gasteiger partial charge in [-0.05, 0) is 12.1 Å². The van der Waals surface area contributed by atoms with Crippen LogP contribution in [0.15, 0.2) is 30.7 Å². The number of fused-ring (bicyclic) bond motifs is 1. The smallest absolute Gasteiger partial charge is 0.401 e. The van der Waals surface area contributed by atoms with Crippen molar-refractivity contribution in [2.45, 2.75) is 6.18 Å². The van der Waals surface area contributed by atoms with Gasteiger partial charge < -0.3 is 9.64 Å². The molecule has 0 unspecified atom stereocenters. The molecule has 0 radical (unpaired) electrons. The number of nitrogens with zero attached hydrogens (tertiary/aromatic N) is 6. The summed E-state index contributed by atoms with van der Waals surface area (Å²) in [5.74, 6) is 0.348. The van der Waals surface area contributed by atoms with E-state index in [9.17, 15) is 17.6 Å². The summed E-state index contributed by atoms with van der Waals surface area (Å²) in [4.78, 5) is 11.9. The molecule has 4 heterocycles. The maximum absolute atomic E-state index is 13.7. The van der Waals surface area contributed by atoms with E-state index in [2.05, 4.69) is 15.1 Å². The first-order valence-electron chi connectivity index (χ1n) is 8.92. The number of piperazine rings is 1. The maximum atomic E-state index is 13.7. The summed E-state index contributed by atoms with van der Waals surface area (Å²) in [6.45, 7) is 0.522. The largest absolute Gasteiger partial charge is 0.481 e. The van der Waals surface area contributed by atoms with Crippen molar-refractivity contribution in [2.75, 3.05) is 44.7 Å². The normalized spacial score (nSPS) is 15.8. The molecular formula is C18H18F4N6O. The zero-order chi connectivity index (χ0) is 20.6. The number of rotatable bonds is 4. The molecule has 1 aliphatic heterocycles. The van der Waals surface area contributed by atoms with Gasteiger partial charge in [0.05, 0.1) is 37.2 Å². The molecule has 7 nitrogen and oxygen atoms in total. The molecule has 0 N–H and O–H groups in total. The Morgan fingerprint density at radius 1 is 1.10 bits per heavy atom. The molecule has 1 aliphatic rings. The molecule has 29 heavy (non-hydrogen) atoms. The molecule has 11 heteroatoms. The quantitative estimate of drug-likeness (QED) is 0.617. The topological polar surface area (TPSA) is 58.8 Å². The Hall–Kier alpha value is -2.95. The van der Waals surface area contributed by atoms with E-state index in [1.807, 2.05) is 4.90 Å². The van der Waals surface area contributed by atoms with Gasteiger partial charge in [-0.15, -0.1) is 0 Å². The fourth-order valence-electron chi connectivity index (χ4n) is 3.40. The summed E-state index contributed by atoms with van der Waals surface area (Å²) >= 11 is 0. The zero-order valence-corrected chi connectivity index (χ0v) is 15.5. The first kappa shape index (κ1) is 19.4. The highest BCUT2D eigenvalue weighted by molar-refractivity contribution is 5.80. The lowest BCUT2D eigenvalue weighted by molar-refractivity contribution is -0.146. The highest BCUT2D eigenvalue weighted by atomic mass is 19.4. The first-order chi connectivity index (χ1) is 13.8. The van der Waals surface area contributed by atoms with Crippen molar-refractivity contribution in [3.63, 3.8) is 0 Å². The summed E-state index contributed by atoms with van der Waals surface area (Å²) in [5, 5.41) is 4.24. The van der Waals surface area contributed by atoms with E-state index in [-0.39, 0.29) is 5.88 Å². The predicted molar refractivity (Wildman–Crippen MR) is 97.4 cm³/mol. The molecule has 154 valence electrons. The lowest BCUT2D eigenvalue weighted by Gasteiger charge is -2.35. The van der Waals surface area contributed by atoms with Gasteiger partial charge in [-0.3, -0.25) is 4.90 Å². The van der Waals surface area contributed by atoms with Gasteiger partial charge in [-0.1, -0.05) is 0 Å². The minimum absolute atomic E-state index is 0.245. The number of aromatic nitrogens is 4. The number of anilines is 1. The van der Waals surface area contributed by atoms with Gasteiger partial charge in [0, 0.05) is 32.4 Å². The van der Waals surface area contributed by atoms with Crippen LogP contribution in [-0.2, 0) is 0 Å². The van der Waals surface area contributed by atoms with E-state index in [0.717, 1.165) is 6.20 Å². The first-order valence-corrected chi connectivity index (χ1v) is 8.92. The van der Waals surface area contributed by atoms with Gasteiger partial charge in [0.1, 0.15) is 11.6 Å². The van der Waals surface area contributed by atoms with E-state index in [1.165, 1.54) is 18.1 Å². The molecule has 0 spiro atoms. The Balaban J connectivity index is 1.61. The van der Waals surface area contributed by atoms with E-state index < -0.39 is 18.5 Å². The second-order valence-electron chi connectivity index (χ2n) is 6.70. The van der Waals surface area contributed by atoms with E-state index in [0.29, 0.717) is 48.8 Å². The third kappa shape index (κ3) is 4.09. The molecule has 3 aromatic rings. The summed E-state index contributed by atoms with van der Waals surface area (Å²) in [7, 11) is 1.44. The van der Waals surface area contributed by atoms with Crippen LogP contribution in [0.3, 0.4) is 0 Å². The highest BCUT2D eigenvalue weighted by Gasteiger charge is 2.32. The summed E-state index contributed by atoms with van der Waals surface area (Å²) < 4.78 is 58.2. The Labute approximate surface area is 163 Å². The molecule has 3 aromatic heterocycles. The third-order valence-electron chi connectivity index (χ3n) is 4.75. The second kappa shape index (κ2) is 7.47. The molecule has 0 aromatic carbocycles. The van der Waals surface area contributed by atoms with Crippen molar-refractivity contribution < 1.29 is 22.3 Å². The molecule has 0 atom stereocenters. The Kier molecular flexibility index (Phi) is 4.99. The number of pyridine rings is 1. The third-order valence-corrected chi connectivity index (χ3v) is 4.75. The molecular weight excluding hydrogens is 392 g/mol. The lowest BCUT2D eigenvalue weighted by atomic mass is 10.1. The van der Waals surface area contributed by atoms with Crippen LogP contribution in [0.4, 0.5) is 23.4 Å². The monoisotopic (exact) mass is 410 g/mol. The van der Waals surface area contributed by atoms with Crippen LogP contribution in [0.5, 0.6) is 5.88 Å². The minimum Gasteiger partial charge on any atom is -0.481 e. The minimum atomic E-state index is -4.20. The number of hydrogen-bond donors (Lipinski definition) is 0. The lowest BCUT2D eigenvalue weighted by Crippen LogP contribution is -2.49. The van der Waals surface area contributed by atoms with E-state index in [1.54, 1.807) is 23.0 Å². The van der Waals surface area contributed by atoms with Crippen LogP contribution in [0.1, 0.15) is 0 Å². The van der Waals surface area contributed by atoms with Crippen molar-refractivity contribution in [1.29, 1.82) is 0 Å². The van der Waals surface area contributed by atoms with Crippen LogP contribution in [0.2, 0.25) is 0 Å². The van der Waals surface area contributed by atoms with Gasteiger partial charge in [0.15, 0.2) is 5.65 Å². The van der Waals surface area contributed by atoms with Gasteiger partial charge in [-0.2, -0.15) is 18.3 Å². The molecule has 1 fully saturated rings. The zero-order valence-electron chi connectivity index (χ0n) is 15.5. The van der Waals surface area contributed by atoms with Crippen LogP contribution >= 0.6 is 0 Å². The number of halogens is 4. The SMILES string of the molecule is COc1ncc(F)cc1-c1cnn2ccc(N3CCN(CC(F)(F)F)CC3)nc12. The molecule has 0 saturated carbocycles. The second-order valence-corrected chi connectivity index (χ2v) is 6.70. The van der Waals surface area contributed by atoms with E-state index >= 15 is 0 Å². The molecule has 4 rings (SSSR count). The maximum Gasteiger partial charge on any atom is 0.401 e. The molecule has 0 aliphatic carbocycles. The van der Waals surface area contributed by atoms with Crippen LogP contribution in [0.25, 0.3) is 16.8 Å². The predicted octanol–water partition coefficient (Wildman–Crippen LogP) is 2.62. The molecule has 0 amide bonds. The Bertz CT molecular complexity index is 1010. The van der Waals surface area contributed by atoms with Gasteiger partial charge >= 0.3 is 6.18 Å². The van der Waals surface area contributed by atoms with Gasteiger partial charge in [0.2, 0.25) is 5.88 Å². The molecule has 0 bridgehead atoms. The Morgan fingerprint density at radius 2 is 1.86 bits per heavy atom. The number of hydrogen-bond acceptors (Lipinski definition) is 6. The number of alkyl halides is 3. The van der Waals surface area contributed by atoms with Crippen LogP contribution in [-0.4, -0.2) is 70.5 Å². The van der Waals surface area contributed by atoms with Gasteiger partial charge in [-0.25, -0.2) is 18.9 Å². The number of methoxy groups -OCH3 is 1. The van der Waals surface area contributed by atoms with E-state index in [4.69, 9.17) is 4.74 Å². The standard InChI is InChI=1S/C18H18F4N6O/c1-29-17-13(8-12(19)9-23-17)14-10-24-28-3-2-15(25-16(14)28)27-6-4-26(5-7-27)11-18(20,21)22/h2-3,8-10H,4-7,11H2,1H3. The average molecular weight is 410 g/mol. The van der Waals surface area contributed by atoms with Crippen molar-refractivity contribution in [3.8, 4) is 17.0 Å². The highest BCUT2D eigenvalue weighted by Crippen LogP contribution is 2.32. The van der Waals surface area contributed by atoms with Crippen LogP contribution in [0, 0.1) is 5.82 Å². The summed E-state index contributed by atoms with van der Waals surface area (Å²) in [6.07, 6.45) is 0.117. The fourth-order valence-corrected chi connectivity index (χ4v) is 3.40. The van der Waals surface area contributed by atoms with Crippen molar-refractivity contribution in [1.82, 2.24) is 24.5 Å². The van der Waals surface area contributed by atoms with Gasteiger partial charge in [0.25, 0.3) is 0 Å². The number of ether oxygens (including phenoxy) is 1. The molecule has 1 saturated heterocycles. The van der Waals surface area contributed by atoms with Crippen LogP contribution < -0.4 is 9.64 Å². The fraction of sp³-hybridized carbons (Fsp3) is 0.389. The van der Waals surface area contributed by atoms with Crippen molar-refractivity contribution in [2.24, 2.45) is 0 Å². The Morgan fingerprint density at radius 3 is 2.55 bits per heavy atom. The summed E-state index contributed by atoms with van der Waals surface area (Å²) in [5.41, 5.74) is 1.44.